The van der Waals surface area contributed by atoms with E-state index in [1.807, 2.05) is 6.92 Å². The average molecular weight is 255 g/mol. The lowest BCUT2D eigenvalue weighted by Crippen LogP contribution is -2.21. The van der Waals surface area contributed by atoms with Crippen LogP contribution in [0.5, 0.6) is 0 Å². The Hall–Kier alpha value is -1.49. The molecule has 1 aromatic heterocycles. The molecule has 0 saturated heterocycles. The number of fused-ring (bicyclic) bond motifs is 3. The number of H-pyrrole nitrogens is 1. The first-order valence-corrected chi connectivity index (χ1v) is 5.82. The number of benzene rings is 1. The molecule has 2 atom stereocenters. The number of hydrogen-bond donors (Lipinski definition) is 1. The molecule has 1 aromatic carbocycles. The van der Waals surface area contributed by atoms with Crippen LogP contribution in [-0.4, -0.2) is 11.1 Å². The number of ether oxygens (including phenoxy) is 1. The van der Waals surface area contributed by atoms with Crippen molar-refractivity contribution in [2.75, 3.05) is 0 Å². The van der Waals surface area contributed by atoms with Crippen molar-refractivity contribution in [1.29, 1.82) is 0 Å². The predicted octanol–water partition coefficient (Wildman–Crippen LogP) is 3.61. The van der Waals surface area contributed by atoms with Crippen LogP contribution in [0.2, 0.25) is 0 Å². The largest absolute Gasteiger partial charge is 0.370 e. The number of aromatic amines is 1. The molecule has 0 amide bonds. The first kappa shape index (κ1) is 11.6. The molecule has 1 aliphatic rings. The highest BCUT2D eigenvalue weighted by molar-refractivity contribution is 5.86. The highest BCUT2D eigenvalue weighted by Gasteiger charge is 2.29. The van der Waals surface area contributed by atoms with Crippen molar-refractivity contribution in [3.8, 4) is 0 Å². The lowest BCUT2D eigenvalue weighted by molar-refractivity contribution is -0.00446. The first-order valence-electron chi connectivity index (χ1n) is 5.82. The summed E-state index contributed by atoms with van der Waals surface area (Å²) in [5.74, 6) is -3.76. The summed E-state index contributed by atoms with van der Waals surface area (Å²) >= 11 is 0. The summed E-state index contributed by atoms with van der Waals surface area (Å²) in [5, 5.41) is 0.100. The molecular weight excluding hydrogens is 243 g/mol. The van der Waals surface area contributed by atoms with Crippen LogP contribution in [0.4, 0.5) is 13.2 Å². The number of rotatable bonds is 0. The summed E-state index contributed by atoms with van der Waals surface area (Å²) in [4.78, 5) is 2.96. The Balaban J connectivity index is 2.36. The Morgan fingerprint density at radius 3 is 2.67 bits per heavy atom. The Labute approximate surface area is 102 Å². The predicted molar refractivity (Wildman–Crippen MR) is 60.8 cm³/mol. The second-order valence-corrected chi connectivity index (χ2v) is 4.72. The maximum Gasteiger partial charge on any atom is 0.195 e. The molecule has 1 aliphatic heterocycles. The van der Waals surface area contributed by atoms with Gasteiger partial charge in [-0.3, -0.25) is 0 Å². The third kappa shape index (κ3) is 1.47. The van der Waals surface area contributed by atoms with E-state index in [9.17, 15) is 13.2 Å². The third-order valence-electron chi connectivity index (χ3n) is 3.38. The fraction of sp³-hybridized carbons (Fsp3) is 0.385. The monoisotopic (exact) mass is 255 g/mol. The van der Waals surface area contributed by atoms with E-state index in [4.69, 9.17) is 4.74 Å². The lowest BCUT2D eigenvalue weighted by Gasteiger charge is -2.25. The number of aromatic nitrogens is 1. The average Bonchev–Trinajstić information content (AvgIpc) is 2.64. The van der Waals surface area contributed by atoms with Gasteiger partial charge in [0.05, 0.1) is 17.7 Å². The smallest absolute Gasteiger partial charge is 0.195 e. The normalized spacial score (nSPS) is 23.4. The molecule has 2 heterocycles. The molecule has 0 aliphatic carbocycles. The van der Waals surface area contributed by atoms with Crippen LogP contribution in [0.25, 0.3) is 10.9 Å². The van der Waals surface area contributed by atoms with Crippen molar-refractivity contribution in [2.45, 2.75) is 32.5 Å². The number of nitrogens with one attached hydrogen (secondary N) is 1. The number of halogens is 3. The molecule has 2 nitrogen and oxygen atoms in total. The standard InChI is InChI=1S/C13H12F3NO/c1-5-3-8-10(6(2)18-5)11-9(17-8)4-7(14)12(15)13(11)16/h4-6,17H,3H2,1-2H3. The van der Waals surface area contributed by atoms with Crippen molar-refractivity contribution < 1.29 is 17.9 Å². The minimum absolute atomic E-state index is 0.00156. The minimum atomic E-state index is -1.44. The first-order chi connectivity index (χ1) is 8.49. The van der Waals surface area contributed by atoms with Crippen LogP contribution in [0.3, 0.4) is 0 Å². The van der Waals surface area contributed by atoms with Gasteiger partial charge in [-0.2, -0.15) is 0 Å². The van der Waals surface area contributed by atoms with E-state index < -0.39 is 17.5 Å². The van der Waals surface area contributed by atoms with Gasteiger partial charge in [-0.25, -0.2) is 13.2 Å². The third-order valence-corrected chi connectivity index (χ3v) is 3.38. The van der Waals surface area contributed by atoms with E-state index >= 15 is 0 Å². The molecule has 1 N–H and O–H groups in total. The molecule has 0 radical (unpaired) electrons. The number of hydrogen-bond acceptors (Lipinski definition) is 1. The van der Waals surface area contributed by atoms with Crippen molar-refractivity contribution in [3.05, 3.63) is 34.8 Å². The lowest BCUT2D eigenvalue weighted by atomic mass is 9.99. The van der Waals surface area contributed by atoms with Crippen LogP contribution in [-0.2, 0) is 11.2 Å². The SMILES string of the molecule is CC1Cc2[nH]c3cc(F)c(F)c(F)c3c2C(C)O1. The van der Waals surface area contributed by atoms with Gasteiger partial charge in [0.15, 0.2) is 17.5 Å². The molecule has 5 heteroatoms. The van der Waals surface area contributed by atoms with Crippen molar-refractivity contribution in [3.63, 3.8) is 0 Å². The minimum Gasteiger partial charge on any atom is -0.370 e. The second-order valence-electron chi connectivity index (χ2n) is 4.72. The van der Waals surface area contributed by atoms with Crippen LogP contribution in [0.1, 0.15) is 31.2 Å². The molecule has 0 bridgehead atoms. The van der Waals surface area contributed by atoms with Crippen LogP contribution < -0.4 is 0 Å². The summed E-state index contributed by atoms with van der Waals surface area (Å²) in [6, 6.07) is 0.990. The van der Waals surface area contributed by atoms with E-state index in [0.717, 1.165) is 11.8 Å². The van der Waals surface area contributed by atoms with Gasteiger partial charge in [-0.15, -0.1) is 0 Å². The zero-order valence-corrected chi connectivity index (χ0v) is 9.98. The van der Waals surface area contributed by atoms with Crippen molar-refractivity contribution in [2.24, 2.45) is 0 Å². The van der Waals surface area contributed by atoms with E-state index in [2.05, 4.69) is 4.98 Å². The maximum absolute atomic E-state index is 13.9. The summed E-state index contributed by atoms with van der Waals surface area (Å²) in [6.07, 6.45) is 0.243. The maximum atomic E-state index is 13.9. The Kier molecular flexibility index (Phi) is 2.41. The Morgan fingerprint density at radius 2 is 1.94 bits per heavy atom. The summed E-state index contributed by atoms with van der Waals surface area (Å²) in [7, 11) is 0. The van der Waals surface area contributed by atoms with Crippen LogP contribution >= 0.6 is 0 Å². The van der Waals surface area contributed by atoms with Gasteiger partial charge in [-0.05, 0) is 13.8 Å². The van der Waals surface area contributed by atoms with Gasteiger partial charge in [0.25, 0.3) is 0 Å². The topological polar surface area (TPSA) is 25.0 Å². The van der Waals surface area contributed by atoms with Gasteiger partial charge in [0, 0.05) is 29.1 Å². The molecule has 2 aromatic rings. The highest BCUT2D eigenvalue weighted by atomic mass is 19.2. The molecule has 18 heavy (non-hydrogen) atoms. The van der Waals surface area contributed by atoms with Gasteiger partial charge >= 0.3 is 0 Å². The van der Waals surface area contributed by atoms with Gasteiger partial charge < -0.3 is 9.72 Å². The molecule has 96 valence electrons. The highest BCUT2D eigenvalue weighted by Crippen LogP contribution is 2.37. The molecule has 0 spiro atoms. The zero-order chi connectivity index (χ0) is 13.0. The van der Waals surface area contributed by atoms with Gasteiger partial charge in [0.2, 0.25) is 0 Å². The summed E-state index contributed by atoms with van der Waals surface area (Å²) in [5.41, 5.74) is 1.67. The quantitative estimate of drug-likeness (QED) is 0.715. The molecular formula is C13H12F3NO. The fourth-order valence-electron chi connectivity index (χ4n) is 2.70. The summed E-state index contributed by atoms with van der Waals surface area (Å²) < 4.78 is 46.0. The molecule has 2 unspecified atom stereocenters. The van der Waals surface area contributed by atoms with Crippen molar-refractivity contribution >= 4 is 10.9 Å². The molecule has 0 saturated carbocycles. The van der Waals surface area contributed by atoms with E-state index in [0.29, 0.717) is 12.0 Å². The van der Waals surface area contributed by atoms with E-state index in [-0.39, 0.29) is 23.1 Å². The van der Waals surface area contributed by atoms with Gasteiger partial charge in [-0.1, -0.05) is 0 Å². The van der Waals surface area contributed by atoms with Crippen LogP contribution in [0.15, 0.2) is 6.07 Å². The Bertz CT molecular complexity index is 635. The van der Waals surface area contributed by atoms with Crippen LogP contribution in [0, 0.1) is 17.5 Å². The second kappa shape index (κ2) is 3.75. The van der Waals surface area contributed by atoms with E-state index in [1.165, 1.54) is 0 Å². The Morgan fingerprint density at radius 1 is 1.22 bits per heavy atom. The zero-order valence-electron chi connectivity index (χ0n) is 9.98. The van der Waals surface area contributed by atoms with Gasteiger partial charge in [0.1, 0.15) is 0 Å². The molecule has 0 fully saturated rings. The van der Waals surface area contributed by atoms with E-state index in [1.54, 1.807) is 6.92 Å². The molecule has 3 rings (SSSR count). The summed E-state index contributed by atoms with van der Waals surface area (Å²) in [6.45, 7) is 3.69. The fourth-order valence-corrected chi connectivity index (χ4v) is 2.70. The van der Waals surface area contributed by atoms with Crippen molar-refractivity contribution in [1.82, 2.24) is 4.98 Å².